The third-order valence-corrected chi connectivity index (χ3v) is 6.22. The molecule has 2 heterocycles. The zero-order valence-corrected chi connectivity index (χ0v) is 22.2. The molecular formula is C27H41N7O3. The Morgan fingerprint density at radius 1 is 0.838 bits per heavy atom. The maximum absolute atomic E-state index is 12.2. The van der Waals surface area contributed by atoms with Crippen LogP contribution in [0.2, 0.25) is 0 Å². The first-order valence-corrected chi connectivity index (χ1v) is 13.6. The minimum absolute atomic E-state index is 0.0762. The lowest BCUT2D eigenvalue weighted by Crippen LogP contribution is -2.28. The number of rotatable bonds is 19. The average molecular weight is 512 g/mol. The van der Waals surface area contributed by atoms with Crippen LogP contribution in [0.1, 0.15) is 84.0 Å². The fraction of sp³-hybridized carbons (Fsp3) is 0.593. The van der Waals surface area contributed by atoms with E-state index in [2.05, 4.69) is 43.2 Å². The van der Waals surface area contributed by atoms with E-state index in [1.54, 1.807) is 7.11 Å². The number of benzene rings is 1. The Labute approximate surface area is 219 Å². The van der Waals surface area contributed by atoms with E-state index in [0.717, 1.165) is 18.5 Å². The molecule has 0 spiro atoms. The normalized spacial score (nSPS) is 11.0. The highest BCUT2D eigenvalue weighted by molar-refractivity contribution is 5.78. The summed E-state index contributed by atoms with van der Waals surface area (Å²) in [6.07, 6.45) is 14.5. The number of hydrogen-bond acceptors (Lipinski definition) is 9. The predicted octanol–water partition coefficient (Wildman–Crippen LogP) is 5.99. The molecule has 3 N–H and O–H groups in total. The van der Waals surface area contributed by atoms with Gasteiger partial charge >= 0.3 is 0 Å². The molecule has 0 saturated carbocycles. The molecule has 0 radical (unpaired) electrons. The quantitative estimate of drug-likeness (QED) is 0.166. The number of ether oxygens (including phenoxy) is 1. The number of methoxy groups -OCH3 is 1. The Morgan fingerprint density at radius 2 is 1.46 bits per heavy atom. The fourth-order valence-corrected chi connectivity index (χ4v) is 4.14. The number of carbonyl (C=O) groups is 1. The average Bonchev–Trinajstić information content (AvgIpc) is 3.37. The lowest BCUT2D eigenvalue weighted by atomic mass is 10.1. The van der Waals surface area contributed by atoms with Crippen molar-refractivity contribution in [3.05, 3.63) is 24.3 Å². The van der Waals surface area contributed by atoms with Crippen LogP contribution < -0.4 is 20.7 Å². The first kappa shape index (κ1) is 28.1. The smallest absolute Gasteiger partial charge is 0.245 e. The maximum atomic E-state index is 12.2. The summed E-state index contributed by atoms with van der Waals surface area (Å²) in [5, 5.41) is 17.0. The maximum Gasteiger partial charge on any atom is 0.245 e. The summed E-state index contributed by atoms with van der Waals surface area (Å²) in [5.74, 6) is 1.68. The SMILES string of the molecule is CCCCCCCCCCCCCC(=O)NCCNc1nc2nonc2nc1Nc1ccccc1OC. The van der Waals surface area contributed by atoms with Crippen LogP contribution in [0.15, 0.2) is 28.9 Å². The van der Waals surface area contributed by atoms with E-state index in [0.29, 0.717) is 48.2 Å². The Hall–Kier alpha value is -3.43. The number of nitrogens with zero attached hydrogens (tertiary/aromatic N) is 4. The number of carbonyl (C=O) groups excluding carboxylic acids is 1. The number of hydrogen-bond donors (Lipinski definition) is 3. The summed E-state index contributed by atoms with van der Waals surface area (Å²) in [6, 6.07) is 7.51. The van der Waals surface area contributed by atoms with Gasteiger partial charge in [-0.15, -0.1) is 0 Å². The second-order valence-electron chi connectivity index (χ2n) is 9.22. The van der Waals surface area contributed by atoms with Crippen molar-refractivity contribution in [1.29, 1.82) is 0 Å². The van der Waals surface area contributed by atoms with Gasteiger partial charge in [0.25, 0.3) is 0 Å². The van der Waals surface area contributed by atoms with Gasteiger partial charge in [0.1, 0.15) is 5.75 Å². The van der Waals surface area contributed by atoms with Crippen LogP contribution in [0.5, 0.6) is 5.75 Å². The number of unbranched alkanes of at least 4 members (excludes halogenated alkanes) is 10. The molecule has 0 unspecified atom stereocenters. The Bertz CT molecular complexity index is 1070. The van der Waals surface area contributed by atoms with Crippen LogP contribution in [-0.4, -0.2) is 46.4 Å². The summed E-state index contributed by atoms with van der Waals surface area (Å²) in [6.45, 7) is 3.21. The fourth-order valence-electron chi connectivity index (χ4n) is 4.14. The van der Waals surface area contributed by atoms with E-state index in [4.69, 9.17) is 9.37 Å². The molecule has 3 aromatic rings. The molecule has 0 aliphatic heterocycles. The molecule has 2 aromatic heterocycles. The monoisotopic (exact) mass is 511 g/mol. The third-order valence-electron chi connectivity index (χ3n) is 6.22. The summed E-state index contributed by atoms with van der Waals surface area (Å²) >= 11 is 0. The van der Waals surface area contributed by atoms with Crippen LogP contribution in [0.4, 0.5) is 17.3 Å². The molecule has 3 rings (SSSR count). The molecule has 0 aliphatic carbocycles. The number of fused-ring (bicyclic) bond motifs is 1. The van der Waals surface area contributed by atoms with Crippen LogP contribution in [0, 0.1) is 0 Å². The molecule has 202 valence electrons. The van der Waals surface area contributed by atoms with E-state index >= 15 is 0 Å². The van der Waals surface area contributed by atoms with E-state index in [9.17, 15) is 4.79 Å². The van der Waals surface area contributed by atoms with E-state index in [1.807, 2.05) is 24.3 Å². The van der Waals surface area contributed by atoms with Crippen molar-refractivity contribution in [3.63, 3.8) is 0 Å². The van der Waals surface area contributed by atoms with Gasteiger partial charge in [0, 0.05) is 19.5 Å². The second-order valence-corrected chi connectivity index (χ2v) is 9.22. The molecule has 1 aromatic carbocycles. The van der Waals surface area contributed by atoms with Crippen molar-refractivity contribution in [2.24, 2.45) is 0 Å². The molecule has 0 saturated heterocycles. The molecular weight excluding hydrogens is 470 g/mol. The van der Waals surface area contributed by atoms with Crippen LogP contribution in [0.25, 0.3) is 11.3 Å². The molecule has 0 fully saturated rings. The van der Waals surface area contributed by atoms with E-state index < -0.39 is 0 Å². The van der Waals surface area contributed by atoms with Crippen molar-refractivity contribution in [2.45, 2.75) is 84.0 Å². The van der Waals surface area contributed by atoms with Gasteiger partial charge in [-0.2, -0.15) is 0 Å². The highest BCUT2D eigenvalue weighted by atomic mass is 16.6. The van der Waals surface area contributed by atoms with Gasteiger partial charge in [-0.25, -0.2) is 14.6 Å². The number of nitrogens with one attached hydrogen (secondary N) is 3. The van der Waals surface area contributed by atoms with Crippen LogP contribution >= 0.6 is 0 Å². The van der Waals surface area contributed by atoms with Crippen LogP contribution in [-0.2, 0) is 4.79 Å². The van der Waals surface area contributed by atoms with Gasteiger partial charge in [0.15, 0.2) is 11.6 Å². The minimum atomic E-state index is 0.0762. The summed E-state index contributed by atoms with van der Waals surface area (Å²) < 4.78 is 10.2. The molecule has 1 amide bonds. The van der Waals surface area contributed by atoms with Gasteiger partial charge < -0.3 is 20.7 Å². The minimum Gasteiger partial charge on any atom is -0.495 e. The van der Waals surface area contributed by atoms with Crippen molar-refractivity contribution in [1.82, 2.24) is 25.6 Å². The van der Waals surface area contributed by atoms with Gasteiger partial charge in [-0.3, -0.25) is 4.79 Å². The van der Waals surface area contributed by atoms with Crippen molar-refractivity contribution >= 4 is 34.5 Å². The predicted molar refractivity (Wildman–Crippen MR) is 146 cm³/mol. The molecule has 10 nitrogen and oxygen atoms in total. The Kier molecular flexibility index (Phi) is 12.4. The second kappa shape index (κ2) is 16.3. The summed E-state index contributed by atoms with van der Waals surface area (Å²) in [7, 11) is 1.61. The van der Waals surface area contributed by atoms with Crippen molar-refractivity contribution in [3.8, 4) is 5.75 Å². The highest BCUT2D eigenvalue weighted by Gasteiger charge is 2.14. The standard InChI is InChI=1S/C27H41N7O3/c1-3-4-5-6-7-8-9-10-11-12-13-18-23(35)28-19-20-29-24-25(32-27-26(31-24)33-37-34-27)30-21-16-14-15-17-22(21)36-2/h14-17H,3-13,18-20H2,1-2H3,(H,28,35)(H,29,31,33)(H,30,32,34). The topological polar surface area (TPSA) is 127 Å². The molecule has 0 bridgehead atoms. The zero-order chi connectivity index (χ0) is 26.1. The lowest BCUT2D eigenvalue weighted by Gasteiger charge is -2.14. The number of anilines is 3. The lowest BCUT2D eigenvalue weighted by molar-refractivity contribution is -0.121. The van der Waals surface area contributed by atoms with Gasteiger partial charge in [0.05, 0.1) is 12.8 Å². The van der Waals surface area contributed by atoms with Crippen molar-refractivity contribution in [2.75, 3.05) is 30.8 Å². The van der Waals surface area contributed by atoms with Gasteiger partial charge in [-0.05, 0) is 28.9 Å². The Balaban J connectivity index is 1.34. The first-order valence-electron chi connectivity index (χ1n) is 13.6. The first-order chi connectivity index (χ1) is 18.2. The third kappa shape index (κ3) is 9.86. The number of amides is 1. The van der Waals surface area contributed by atoms with Gasteiger partial charge in [-0.1, -0.05) is 83.3 Å². The van der Waals surface area contributed by atoms with Gasteiger partial charge in [0.2, 0.25) is 17.2 Å². The summed E-state index contributed by atoms with van der Waals surface area (Å²) in [4.78, 5) is 21.1. The largest absolute Gasteiger partial charge is 0.495 e. The molecule has 0 aliphatic rings. The van der Waals surface area contributed by atoms with Crippen LogP contribution in [0.3, 0.4) is 0 Å². The molecule has 37 heavy (non-hydrogen) atoms. The Morgan fingerprint density at radius 3 is 2.14 bits per heavy atom. The summed E-state index contributed by atoms with van der Waals surface area (Å²) in [5.41, 5.74) is 1.33. The van der Waals surface area contributed by atoms with E-state index in [-0.39, 0.29) is 5.91 Å². The molecule has 0 atom stereocenters. The van der Waals surface area contributed by atoms with E-state index in [1.165, 1.54) is 57.8 Å². The highest BCUT2D eigenvalue weighted by Crippen LogP contribution is 2.29. The number of aromatic nitrogens is 4. The molecule has 10 heteroatoms. The zero-order valence-electron chi connectivity index (χ0n) is 22.2. The number of para-hydroxylation sites is 2. The van der Waals surface area contributed by atoms with Crippen molar-refractivity contribution < 1.29 is 14.2 Å².